The predicted molar refractivity (Wildman–Crippen MR) is 178 cm³/mol. The molecule has 271 valence electrons. The number of aromatic hydroxyl groups is 5. The number of ketones is 2. The molecule has 0 spiro atoms. The van der Waals surface area contributed by atoms with Crippen LogP contribution in [-0.2, 0) is 16.8 Å². The van der Waals surface area contributed by atoms with E-state index in [0.717, 1.165) is 18.2 Å². The molecule has 0 unspecified atom stereocenters. The van der Waals surface area contributed by atoms with Gasteiger partial charge in [0.1, 0.15) is 51.5 Å². The Kier molecular flexibility index (Phi) is 17.7. The number of phenols is 5. The first-order chi connectivity index (χ1) is 23.0. The number of nitro groups is 2. The molecule has 0 bridgehead atoms. The zero-order chi connectivity index (χ0) is 36.7. The van der Waals surface area contributed by atoms with Crippen LogP contribution in [0.4, 0.5) is 34.1 Å². The summed E-state index contributed by atoms with van der Waals surface area (Å²) in [5.74, 6) is -2.53. The quantitative estimate of drug-likeness (QED) is 0.0374. The number of azo groups is 2. The van der Waals surface area contributed by atoms with Crippen LogP contribution < -0.4 is 34.3 Å². The van der Waals surface area contributed by atoms with E-state index in [1.54, 1.807) is 0 Å². The van der Waals surface area contributed by atoms with Crippen molar-refractivity contribution in [3.63, 3.8) is 0 Å². The van der Waals surface area contributed by atoms with E-state index in [2.05, 4.69) is 20.5 Å². The zero-order valence-corrected chi connectivity index (χ0v) is 31.8. The van der Waals surface area contributed by atoms with E-state index < -0.39 is 27.2 Å². The number of carbonyl (C=O) groups is 2. The van der Waals surface area contributed by atoms with Gasteiger partial charge < -0.3 is 37.7 Å². The van der Waals surface area contributed by atoms with Gasteiger partial charge in [0.15, 0.2) is 17.3 Å². The third kappa shape index (κ3) is 10.8. The molecule has 52 heavy (non-hydrogen) atoms. The van der Waals surface area contributed by atoms with Crippen LogP contribution in [0.5, 0.6) is 34.5 Å². The second kappa shape index (κ2) is 19.8. The normalized spacial score (nSPS) is 10.2. The van der Waals surface area contributed by atoms with Crippen molar-refractivity contribution in [1.82, 2.24) is 0 Å². The van der Waals surface area contributed by atoms with E-state index in [4.69, 9.17) is 4.74 Å². The van der Waals surface area contributed by atoms with Crippen molar-refractivity contribution in [2.24, 2.45) is 20.5 Å². The van der Waals surface area contributed by atoms with Gasteiger partial charge in [0.25, 0.3) is 11.4 Å². The summed E-state index contributed by atoms with van der Waals surface area (Å²) in [5.41, 5.74) is -0.340. The standard InChI is InChI=1S/C16H15N3O6.C15H13N3O6.CH3.Co.Na/c1-8-15(21)11(9(2)20)7-13(16(8)22)18-17-12-5-4-10(19(23)24)6-14(12)25-3;1-7-14(21)10(8(2)19)6-12(15(7)22)17-16-11-4-3-9(18(23)24)5-13(11)20;;;/h4-7,21-22H,1-3H3;3-6,20-22H,1-2H3;1H3;;/q;;-1;;+1. The van der Waals surface area contributed by atoms with Crippen molar-refractivity contribution >= 4 is 45.7 Å². The van der Waals surface area contributed by atoms with Crippen molar-refractivity contribution in [3.8, 4) is 34.5 Å². The fourth-order valence-corrected chi connectivity index (χ4v) is 4.04. The molecule has 0 amide bonds. The smallest absolute Gasteiger partial charge is 0.507 e. The fourth-order valence-electron chi connectivity index (χ4n) is 4.04. The SMILES string of the molecule is CC(=O)c1cc(N=Nc2ccc([N+](=O)[O-])cc2O)c(O)c(C)c1O.COc1cc([N+](=O)[O-])ccc1N=Nc1cc(C(C)=O)c(O)c(C)c1O.[CH3-].[Co].[Na+]. The monoisotopic (exact) mass is 773 g/mol. The molecule has 0 atom stereocenters. The fraction of sp³-hybridized carbons (Fsp3) is 0.156. The number of hydrogen-bond donors (Lipinski definition) is 5. The van der Waals surface area contributed by atoms with Crippen LogP contribution in [0, 0.1) is 41.5 Å². The molecule has 18 nitrogen and oxygen atoms in total. The third-order valence-electron chi connectivity index (χ3n) is 6.81. The largest absolute Gasteiger partial charge is 1.00 e. The molecule has 4 aromatic carbocycles. The van der Waals surface area contributed by atoms with Gasteiger partial charge in [-0.25, -0.2) is 0 Å². The van der Waals surface area contributed by atoms with E-state index in [0.29, 0.717) is 0 Å². The van der Waals surface area contributed by atoms with Gasteiger partial charge in [0.05, 0.1) is 40.2 Å². The van der Waals surface area contributed by atoms with Crippen molar-refractivity contribution in [2.75, 3.05) is 7.11 Å². The average Bonchev–Trinajstić information content (AvgIpc) is 3.05. The summed E-state index contributed by atoms with van der Waals surface area (Å²) in [6.07, 6.45) is 0. The molecule has 0 saturated carbocycles. The minimum atomic E-state index is -0.672. The van der Waals surface area contributed by atoms with Crippen LogP contribution in [0.25, 0.3) is 0 Å². The van der Waals surface area contributed by atoms with E-state index in [1.807, 2.05) is 0 Å². The van der Waals surface area contributed by atoms with Crippen LogP contribution in [-0.4, -0.2) is 54.1 Å². The number of nitro benzene ring substituents is 2. The molecule has 4 aromatic rings. The number of phenolic OH excluding ortho intramolecular Hbond substituents is 5. The van der Waals surface area contributed by atoms with Crippen molar-refractivity contribution in [3.05, 3.63) is 98.4 Å². The number of hydrogen-bond acceptors (Lipinski definition) is 16. The number of rotatable bonds is 9. The average molecular weight is 774 g/mol. The van der Waals surface area contributed by atoms with Gasteiger partial charge >= 0.3 is 29.6 Å². The number of methoxy groups -OCH3 is 1. The summed E-state index contributed by atoms with van der Waals surface area (Å²) in [5, 5.41) is 86.1. The van der Waals surface area contributed by atoms with Crippen LogP contribution in [0.2, 0.25) is 0 Å². The van der Waals surface area contributed by atoms with E-state index in [-0.39, 0.29) is 139 Å². The van der Waals surface area contributed by atoms with Crippen LogP contribution in [0.1, 0.15) is 45.7 Å². The molecule has 5 N–H and O–H groups in total. The Balaban J connectivity index is 0.000000946. The molecule has 0 aliphatic heterocycles. The van der Waals surface area contributed by atoms with Gasteiger partial charge in [-0.2, -0.15) is 0 Å². The van der Waals surface area contributed by atoms with E-state index in [1.165, 1.54) is 65.1 Å². The van der Waals surface area contributed by atoms with Crippen LogP contribution >= 0.6 is 0 Å². The van der Waals surface area contributed by atoms with Crippen LogP contribution in [0.15, 0.2) is 69.0 Å². The zero-order valence-electron chi connectivity index (χ0n) is 28.7. The first-order valence-corrected chi connectivity index (χ1v) is 13.7. The summed E-state index contributed by atoms with van der Waals surface area (Å²) < 4.78 is 5.04. The first-order valence-electron chi connectivity index (χ1n) is 13.7. The van der Waals surface area contributed by atoms with Gasteiger partial charge in [-0.3, -0.25) is 29.8 Å². The summed E-state index contributed by atoms with van der Waals surface area (Å²) in [7, 11) is 1.33. The van der Waals surface area contributed by atoms with Gasteiger partial charge in [0.2, 0.25) is 0 Å². The minimum absolute atomic E-state index is 0. The Morgan fingerprint density at radius 1 is 0.635 bits per heavy atom. The van der Waals surface area contributed by atoms with Gasteiger partial charge in [0, 0.05) is 40.0 Å². The molecule has 0 saturated heterocycles. The second-order valence-electron chi connectivity index (χ2n) is 10.1. The van der Waals surface area contributed by atoms with E-state index in [9.17, 15) is 55.4 Å². The molecular weight excluding hydrogens is 742 g/mol. The third-order valence-corrected chi connectivity index (χ3v) is 6.81. The maximum absolute atomic E-state index is 11.6. The Morgan fingerprint density at radius 3 is 1.37 bits per heavy atom. The van der Waals surface area contributed by atoms with Crippen molar-refractivity contribution < 1.29 is 96.0 Å². The molecule has 0 heterocycles. The number of Topliss-reactive ketones (excluding diaryl/α,β-unsaturated/α-hetero) is 2. The number of benzene rings is 4. The summed E-state index contributed by atoms with van der Waals surface area (Å²) >= 11 is 0. The molecule has 0 aliphatic carbocycles. The summed E-state index contributed by atoms with van der Waals surface area (Å²) in [6.45, 7) is 5.35. The number of carbonyl (C=O) groups excluding carboxylic acids is 2. The van der Waals surface area contributed by atoms with Crippen molar-refractivity contribution in [1.29, 1.82) is 0 Å². The molecule has 1 radical (unpaired) electrons. The Morgan fingerprint density at radius 2 is 1.00 bits per heavy atom. The molecule has 4 rings (SSSR count). The molecule has 0 aliphatic rings. The molecular formula is C32H31CoN6NaO12. The Bertz CT molecular complexity index is 2070. The molecule has 0 fully saturated rings. The minimum Gasteiger partial charge on any atom is -0.507 e. The maximum atomic E-state index is 11.6. The first kappa shape index (κ1) is 46.5. The number of nitrogens with zero attached hydrogens (tertiary/aromatic N) is 6. The molecule has 0 aromatic heterocycles. The van der Waals surface area contributed by atoms with E-state index >= 15 is 0 Å². The van der Waals surface area contributed by atoms with Crippen LogP contribution in [0.3, 0.4) is 0 Å². The summed E-state index contributed by atoms with van der Waals surface area (Å²) in [6, 6.07) is 9.38. The molecule has 20 heteroatoms. The Hall–Kier alpha value is -5.47. The summed E-state index contributed by atoms with van der Waals surface area (Å²) in [4.78, 5) is 43.2. The van der Waals surface area contributed by atoms with Gasteiger partial charge in [-0.1, -0.05) is 0 Å². The second-order valence-corrected chi connectivity index (χ2v) is 10.1. The van der Waals surface area contributed by atoms with Gasteiger partial charge in [-0.15, -0.1) is 20.5 Å². The Labute approximate surface area is 328 Å². The number of non-ortho nitro benzene ring substituents is 2. The van der Waals surface area contributed by atoms with Crippen molar-refractivity contribution in [2.45, 2.75) is 27.7 Å². The predicted octanol–water partition coefficient (Wildman–Crippen LogP) is 5.03. The van der Waals surface area contributed by atoms with Gasteiger partial charge in [-0.05, 0) is 52.0 Å². The topological polar surface area (TPSA) is 280 Å². The maximum Gasteiger partial charge on any atom is 1.00 e. The number of ether oxygens (including phenoxy) is 1.